The normalized spacial score (nSPS) is 11.0. The Bertz CT molecular complexity index is 579. The quantitative estimate of drug-likeness (QED) is 0.721. The molecule has 0 atom stereocenters. The Balaban J connectivity index is 1.86. The summed E-state index contributed by atoms with van der Waals surface area (Å²) in [4.78, 5) is 0. The number of nitrogens with one attached hydrogen (secondary N) is 1. The maximum absolute atomic E-state index is 13.9. The molecule has 0 amide bonds. The van der Waals surface area contributed by atoms with Gasteiger partial charge in [0, 0.05) is 30.1 Å². The van der Waals surface area contributed by atoms with Gasteiger partial charge in [-0.1, -0.05) is 27.3 Å². The van der Waals surface area contributed by atoms with Crippen molar-refractivity contribution in [2.24, 2.45) is 0 Å². The lowest BCUT2D eigenvalue weighted by Crippen LogP contribution is -2.20. The third-order valence-corrected chi connectivity index (χ3v) is 4.37. The lowest BCUT2D eigenvalue weighted by atomic mass is 10.2. The summed E-state index contributed by atoms with van der Waals surface area (Å²) in [5.74, 6) is -0.284. The highest BCUT2D eigenvalue weighted by Gasteiger charge is 2.11. The van der Waals surface area contributed by atoms with E-state index in [2.05, 4.69) is 31.4 Å². The minimum Gasteiger partial charge on any atom is -0.383 e. The van der Waals surface area contributed by atoms with Gasteiger partial charge in [-0.15, -0.1) is 10.2 Å². The second-order valence-corrected chi connectivity index (χ2v) is 6.45. The molecule has 1 aromatic heterocycles. The molecular formula is C14H17BrFN3OS. The van der Waals surface area contributed by atoms with Crippen LogP contribution >= 0.6 is 27.3 Å². The van der Waals surface area contributed by atoms with Crippen LogP contribution in [0, 0.1) is 5.82 Å². The summed E-state index contributed by atoms with van der Waals surface area (Å²) in [5.41, 5.74) is 0.500. The Morgan fingerprint density at radius 2 is 2.19 bits per heavy atom. The van der Waals surface area contributed by atoms with Crippen LogP contribution in [-0.2, 0) is 11.2 Å². The zero-order valence-electron chi connectivity index (χ0n) is 11.7. The van der Waals surface area contributed by atoms with E-state index in [4.69, 9.17) is 4.74 Å². The van der Waals surface area contributed by atoms with Crippen LogP contribution in [0.2, 0.25) is 0 Å². The van der Waals surface area contributed by atoms with Crippen molar-refractivity contribution in [3.05, 3.63) is 33.5 Å². The second kappa shape index (κ2) is 8.53. The molecule has 0 aliphatic heterocycles. The predicted octanol–water partition coefficient (Wildman–Crippen LogP) is 3.28. The molecule has 0 radical (unpaired) electrons. The van der Waals surface area contributed by atoms with Crippen LogP contribution in [0.4, 0.5) is 4.39 Å². The molecule has 0 aliphatic carbocycles. The number of methoxy groups -OCH3 is 1. The molecule has 1 heterocycles. The highest BCUT2D eigenvalue weighted by molar-refractivity contribution is 9.10. The van der Waals surface area contributed by atoms with Crippen LogP contribution in [0.3, 0.4) is 0 Å². The molecule has 114 valence electrons. The maximum atomic E-state index is 13.9. The van der Waals surface area contributed by atoms with E-state index in [0.29, 0.717) is 17.2 Å². The molecule has 2 aromatic rings. The molecule has 0 fully saturated rings. The number of ether oxygens (including phenoxy) is 1. The molecule has 0 aliphatic rings. The summed E-state index contributed by atoms with van der Waals surface area (Å²) in [7, 11) is 1.69. The standard InChI is InChI=1S/C14H17BrFN3OS/c1-20-8-7-17-6-2-3-13-18-19-14(21-13)11-5-4-10(15)9-12(11)16/h4-5,9,17H,2-3,6-8H2,1H3. The van der Waals surface area contributed by atoms with Gasteiger partial charge in [0.15, 0.2) is 5.01 Å². The largest absolute Gasteiger partial charge is 0.383 e. The minimum absolute atomic E-state index is 0.284. The second-order valence-electron chi connectivity index (χ2n) is 4.47. The van der Waals surface area contributed by atoms with Crippen molar-refractivity contribution in [1.29, 1.82) is 0 Å². The summed E-state index contributed by atoms with van der Waals surface area (Å²) in [6.45, 7) is 2.47. The molecule has 1 N–H and O–H groups in total. The predicted molar refractivity (Wildman–Crippen MR) is 86.1 cm³/mol. The molecule has 21 heavy (non-hydrogen) atoms. The van der Waals surface area contributed by atoms with Gasteiger partial charge in [-0.05, 0) is 31.2 Å². The fourth-order valence-corrected chi connectivity index (χ4v) is 3.03. The van der Waals surface area contributed by atoms with Crippen molar-refractivity contribution in [3.63, 3.8) is 0 Å². The number of rotatable bonds is 8. The van der Waals surface area contributed by atoms with Gasteiger partial charge in [0.1, 0.15) is 10.8 Å². The first-order valence-corrected chi connectivity index (χ1v) is 8.29. The first-order chi connectivity index (χ1) is 10.2. The lowest BCUT2D eigenvalue weighted by Gasteiger charge is -2.01. The average molecular weight is 374 g/mol. The third kappa shape index (κ3) is 5.10. The van der Waals surface area contributed by atoms with E-state index < -0.39 is 0 Å². The van der Waals surface area contributed by atoms with Crippen molar-refractivity contribution >= 4 is 27.3 Å². The van der Waals surface area contributed by atoms with E-state index >= 15 is 0 Å². The summed E-state index contributed by atoms with van der Waals surface area (Å²) >= 11 is 4.69. The van der Waals surface area contributed by atoms with Crippen LogP contribution in [0.1, 0.15) is 11.4 Å². The number of halogens is 2. The van der Waals surface area contributed by atoms with Crippen LogP contribution in [0.15, 0.2) is 22.7 Å². The van der Waals surface area contributed by atoms with E-state index in [-0.39, 0.29) is 5.82 Å². The average Bonchev–Trinajstić information content (AvgIpc) is 2.91. The first-order valence-electron chi connectivity index (χ1n) is 6.68. The SMILES string of the molecule is COCCNCCCc1nnc(-c2ccc(Br)cc2F)s1. The van der Waals surface area contributed by atoms with Gasteiger partial charge in [-0.3, -0.25) is 0 Å². The van der Waals surface area contributed by atoms with Gasteiger partial charge in [0.2, 0.25) is 0 Å². The topological polar surface area (TPSA) is 47.0 Å². The Labute approximate surface area is 135 Å². The van der Waals surface area contributed by atoms with Crippen molar-refractivity contribution in [1.82, 2.24) is 15.5 Å². The van der Waals surface area contributed by atoms with Crippen LogP contribution in [0.25, 0.3) is 10.6 Å². The zero-order valence-corrected chi connectivity index (χ0v) is 14.1. The molecule has 0 bridgehead atoms. The van der Waals surface area contributed by atoms with E-state index in [0.717, 1.165) is 35.4 Å². The smallest absolute Gasteiger partial charge is 0.150 e. The zero-order chi connectivity index (χ0) is 15.1. The summed E-state index contributed by atoms with van der Waals surface area (Å²) in [6, 6.07) is 4.96. The maximum Gasteiger partial charge on any atom is 0.150 e. The Morgan fingerprint density at radius 3 is 2.95 bits per heavy atom. The molecule has 1 aromatic carbocycles. The van der Waals surface area contributed by atoms with Crippen LogP contribution in [0.5, 0.6) is 0 Å². The fourth-order valence-electron chi connectivity index (χ4n) is 1.79. The molecule has 2 rings (SSSR count). The van der Waals surface area contributed by atoms with Gasteiger partial charge in [0.25, 0.3) is 0 Å². The molecule has 0 unspecified atom stereocenters. The van der Waals surface area contributed by atoms with Crippen molar-refractivity contribution in [2.75, 3.05) is 26.8 Å². The van der Waals surface area contributed by atoms with E-state index in [1.807, 2.05) is 0 Å². The van der Waals surface area contributed by atoms with E-state index in [9.17, 15) is 4.39 Å². The number of hydrogen-bond donors (Lipinski definition) is 1. The van der Waals surface area contributed by atoms with Gasteiger partial charge in [-0.2, -0.15) is 0 Å². The molecule has 4 nitrogen and oxygen atoms in total. The van der Waals surface area contributed by atoms with E-state index in [1.54, 1.807) is 19.2 Å². The molecule has 0 saturated heterocycles. The number of benzene rings is 1. The summed E-state index contributed by atoms with van der Waals surface area (Å²) in [5, 5.41) is 13.0. The number of aryl methyl sites for hydroxylation is 1. The van der Waals surface area contributed by atoms with Crippen LogP contribution < -0.4 is 5.32 Å². The van der Waals surface area contributed by atoms with Crippen molar-refractivity contribution in [2.45, 2.75) is 12.8 Å². The number of aromatic nitrogens is 2. The van der Waals surface area contributed by atoms with Gasteiger partial charge < -0.3 is 10.1 Å². The first kappa shape index (κ1) is 16.5. The minimum atomic E-state index is -0.284. The van der Waals surface area contributed by atoms with Crippen molar-refractivity contribution in [3.8, 4) is 10.6 Å². The van der Waals surface area contributed by atoms with Crippen molar-refractivity contribution < 1.29 is 9.13 Å². The lowest BCUT2D eigenvalue weighted by molar-refractivity contribution is 0.199. The third-order valence-electron chi connectivity index (χ3n) is 2.86. The summed E-state index contributed by atoms with van der Waals surface area (Å²) < 4.78 is 19.5. The molecule has 7 heteroatoms. The number of nitrogens with zero attached hydrogens (tertiary/aromatic N) is 2. The fraction of sp³-hybridized carbons (Fsp3) is 0.429. The van der Waals surface area contributed by atoms with Crippen LogP contribution in [-0.4, -0.2) is 37.0 Å². The monoisotopic (exact) mass is 373 g/mol. The Morgan fingerprint density at radius 1 is 1.33 bits per heavy atom. The number of hydrogen-bond acceptors (Lipinski definition) is 5. The molecule has 0 spiro atoms. The van der Waals surface area contributed by atoms with Gasteiger partial charge >= 0.3 is 0 Å². The summed E-state index contributed by atoms with van der Waals surface area (Å²) in [6.07, 6.45) is 1.82. The van der Waals surface area contributed by atoms with Gasteiger partial charge in [-0.25, -0.2) is 4.39 Å². The van der Waals surface area contributed by atoms with E-state index in [1.165, 1.54) is 17.4 Å². The highest BCUT2D eigenvalue weighted by Crippen LogP contribution is 2.28. The van der Waals surface area contributed by atoms with Gasteiger partial charge in [0.05, 0.1) is 6.61 Å². The Kier molecular flexibility index (Phi) is 6.69. The Hall–Kier alpha value is -0.890. The molecular weight excluding hydrogens is 357 g/mol. The highest BCUT2D eigenvalue weighted by atomic mass is 79.9. The molecule has 0 saturated carbocycles.